The van der Waals surface area contributed by atoms with Gasteiger partial charge in [-0.1, -0.05) is 12.1 Å². The van der Waals surface area contributed by atoms with Crippen LogP contribution in [0, 0.1) is 0 Å². The zero-order valence-electron chi connectivity index (χ0n) is 9.26. The molecular formula is C11H18N2O3. The zero-order chi connectivity index (χ0) is 12.1. The predicted octanol–water partition coefficient (Wildman–Crippen LogP) is 0.110. The van der Waals surface area contributed by atoms with Crippen molar-refractivity contribution in [2.24, 2.45) is 11.5 Å². The van der Waals surface area contributed by atoms with E-state index in [1.54, 1.807) is 18.2 Å². The topological polar surface area (TPSA) is 102 Å². The molecule has 0 radical (unpaired) electrons. The number of rotatable bonds is 5. The second kappa shape index (κ2) is 5.69. The Labute approximate surface area is 94.6 Å². The summed E-state index contributed by atoms with van der Waals surface area (Å²) in [5.74, 6) is 0.237. The molecule has 6 N–H and O–H groups in total. The molecular weight excluding hydrogens is 208 g/mol. The van der Waals surface area contributed by atoms with Crippen molar-refractivity contribution in [3.63, 3.8) is 0 Å². The van der Waals surface area contributed by atoms with Gasteiger partial charge in [-0.2, -0.15) is 0 Å². The third-order valence-electron chi connectivity index (χ3n) is 2.47. The summed E-state index contributed by atoms with van der Waals surface area (Å²) in [6.07, 6.45) is -0.462. The Morgan fingerprint density at radius 2 is 2.12 bits per heavy atom. The van der Waals surface area contributed by atoms with Crippen molar-refractivity contribution < 1.29 is 14.9 Å². The van der Waals surface area contributed by atoms with E-state index in [0.717, 1.165) is 0 Å². The van der Waals surface area contributed by atoms with Crippen molar-refractivity contribution in [1.29, 1.82) is 0 Å². The number of para-hydroxylation sites is 1. The van der Waals surface area contributed by atoms with Gasteiger partial charge in [-0.05, 0) is 19.0 Å². The summed E-state index contributed by atoms with van der Waals surface area (Å²) < 4.78 is 4.95. The summed E-state index contributed by atoms with van der Waals surface area (Å²) in [5.41, 5.74) is 11.5. The first-order chi connectivity index (χ1) is 7.61. The van der Waals surface area contributed by atoms with Crippen molar-refractivity contribution in [3.8, 4) is 11.5 Å². The Hall–Kier alpha value is -1.30. The van der Waals surface area contributed by atoms with Gasteiger partial charge in [0, 0.05) is 11.6 Å². The maximum absolute atomic E-state index is 9.92. The Balaban J connectivity index is 2.94. The molecule has 5 nitrogen and oxygen atoms in total. The number of aromatic hydroxyl groups is 1. The van der Waals surface area contributed by atoms with E-state index in [0.29, 0.717) is 24.3 Å². The number of aliphatic hydroxyl groups is 1. The van der Waals surface area contributed by atoms with Crippen molar-refractivity contribution in [2.75, 3.05) is 13.7 Å². The average Bonchev–Trinajstić information content (AvgIpc) is 2.29. The Kier molecular flexibility index (Phi) is 4.54. The van der Waals surface area contributed by atoms with E-state index in [9.17, 15) is 10.2 Å². The smallest absolute Gasteiger partial charge is 0.163 e. The first kappa shape index (κ1) is 12.8. The minimum atomic E-state index is -0.946. The predicted molar refractivity (Wildman–Crippen MR) is 61.3 cm³/mol. The van der Waals surface area contributed by atoms with Gasteiger partial charge >= 0.3 is 0 Å². The summed E-state index contributed by atoms with van der Waals surface area (Å²) >= 11 is 0. The number of hydrogen-bond acceptors (Lipinski definition) is 5. The second-order valence-electron chi connectivity index (χ2n) is 3.58. The molecule has 90 valence electrons. The van der Waals surface area contributed by atoms with Gasteiger partial charge in [0.05, 0.1) is 13.2 Å². The normalized spacial score (nSPS) is 14.5. The van der Waals surface area contributed by atoms with Crippen LogP contribution in [0.5, 0.6) is 11.5 Å². The van der Waals surface area contributed by atoms with Gasteiger partial charge in [-0.3, -0.25) is 0 Å². The number of methoxy groups -OCH3 is 1. The van der Waals surface area contributed by atoms with Crippen LogP contribution in [0.15, 0.2) is 18.2 Å². The number of phenolic OH excluding ortho intramolecular Hbond substituents is 1. The lowest BCUT2D eigenvalue weighted by Gasteiger charge is -2.20. The van der Waals surface area contributed by atoms with E-state index in [4.69, 9.17) is 16.2 Å². The molecule has 0 fully saturated rings. The van der Waals surface area contributed by atoms with Crippen LogP contribution in [0.25, 0.3) is 0 Å². The molecule has 0 bridgehead atoms. The van der Waals surface area contributed by atoms with Crippen LogP contribution in [0.4, 0.5) is 0 Å². The van der Waals surface area contributed by atoms with Crippen LogP contribution < -0.4 is 16.2 Å². The number of aliphatic hydroxyl groups excluding tert-OH is 1. The van der Waals surface area contributed by atoms with Crippen molar-refractivity contribution in [3.05, 3.63) is 23.8 Å². The van der Waals surface area contributed by atoms with Gasteiger partial charge < -0.3 is 26.4 Å². The van der Waals surface area contributed by atoms with E-state index in [1.165, 1.54) is 7.11 Å². The zero-order valence-corrected chi connectivity index (χ0v) is 9.26. The van der Waals surface area contributed by atoms with Crippen LogP contribution in [0.3, 0.4) is 0 Å². The van der Waals surface area contributed by atoms with Gasteiger partial charge in [0.25, 0.3) is 0 Å². The summed E-state index contributed by atoms with van der Waals surface area (Å²) in [7, 11) is 1.45. The lowest BCUT2D eigenvalue weighted by molar-refractivity contribution is 0.139. The fourth-order valence-corrected chi connectivity index (χ4v) is 1.52. The summed E-state index contributed by atoms with van der Waals surface area (Å²) in [6, 6.07) is 4.41. The van der Waals surface area contributed by atoms with E-state index in [2.05, 4.69) is 0 Å². The number of nitrogens with two attached hydrogens (primary N) is 2. The molecule has 0 aliphatic rings. The molecule has 0 spiro atoms. The maximum atomic E-state index is 9.92. The highest BCUT2D eigenvalue weighted by Gasteiger charge is 2.21. The van der Waals surface area contributed by atoms with Crippen LogP contribution >= 0.6 is 0 Å². The summed E-state index contributed by atoms with van der Waals surface area (Å²) in [4.78, 5) is 0. The molecule has 0 aliphatic carbocycles. The molecule has 0 saturated carbocycles. The molecule has 16 heavy (non-hydrogen) atoms. The minimum absolute atomic E-state index is 0.0787. The first-order valence-corrected chi connectivity index (χ1v) is 5.11. The molecule has 2 atom stereocenters. The van der Waals surface area contributed by atoms with Crippen LogP contribution in [-0.2, 0) is 0 Å². The average molecular weight is 226 g/mol. The largest absolute Gasteiger partial charge is 0.504 e. The van der Waals surface area contributed by atoms with Crippen molar-refractivity contribution >= 4 is 0 Å². The van der Waals surface area contributed by atoms with Crippen LogP contribution in [0.1, 0.15) is 18.1 Å². The number of ether oxygens (including phenoxy) is 1. The number of phenols is 1. The van der Waals surface area contributed by atoms with E-state index in [-0.39, 0.29) is 5.75 Å². The Morgan fingerprint density at radius 3 is 2.69 bits per heavy atom. The lowest BCUT2D eigenvalue weighted by atomic mass is 9.99. The molecule has 0 heterocycles. The fraction of sp³-hybridized carbons (Fsp3) is 0.455. The molecule has 0 amide bonds. The first-order valence-electron chi connectivity index (χ1n) is 5.11. The van der Waals surface area contributed by atoms with Crippen molar-refractivity contribution in [1.82, 2.24) is 0 Å². The fourth-order valence-electron chi connectivity index (χ4n) is 1.52. The van der Waals surface area contributed by atoms with Gasteiger partial charge in [-0.25, -0.2) is 0 Å². The van der Waals surface area contributed by atoms with E-state index in [1.807, 2.05) is 0 Å². The highest BCUT2D eigenvalue weighted by atomic mass is 16.5. The summed E-state index contributed by atoms with van der Waals surface area (Å²) in [5, 5.41) is 19.7. The van der Waals surface area contributed by atoms with Gasteiger partial charge in [0.15, 0.2) is 11.5 Å². The molecule has 2 unspecified atom stereocenters. The molecule has 1 aromatic rings. The lowest BCUT2D eigenvalue weighted by Crippen LogP contribution is -2.30. The van der Waals surface area contributed by atoms with Gasteiger partial charge in [0.2, 0.25) is 0 Å². The second-order valence-corrected chi connectivity index (χ2v) is 3.58. The maximum Gasteiger partial charge on any atom is 0.163 e. The van der Waals surface area contributed by atoms with Gasteiger partial charge in [-0.15, -0.1) is 0 Å². The van der Waals surface area contributed by atoms with Crippen LogP contribution in [-0.4, -0.2) is 29.9 Å². The molecule has 0 aromatic heterocycles. The third kappa shape index (κ3) is 2.63. The highest BCUT2D eigenvalue weighted by molar-refractivity contribution is 5.46. The van der Waals surface area contributed by atoms with Crippen LogP contribution in [0.2, 0.25) is 0 Å². The van der Waals surface area contributed by atoms with E-state index >= 15 is 0 Å². The quantitative estimate of drug-likeness (QED) is 0.571. The minimum Gasteiger partial charge on any atom is -0.504 e. The molecule has 1 aromatic carbocycles. The Morgan fingerprint density at radius 1 is 1.44 bits per heavy atom. The highest BCUT2D eigenvalue weighted by Crippen LogP contribution is 2.34. The Bertz CT molecular complexity index is 344. The van der Waals surface area contributed by atoms with Gasteiger partial charge in [0.1, 0.15) is 0 Å². The standard InChI is InChI=1S/C11H18N2O3/c1-16-9-4-2-3-7(11(9)15)10(14)8(13)5-6-12/h2-4,8,10,14-15H,5-6,12-13H2,1H3. The molecule has 0 aliphatic heterocycles. The monoisotopic (exact) mass is 226 g/mol. The number of hydrogen-bond donors (Lipinski definition) is 4. The summed E-state index contributed by atoms with van der Waals surface area (Å²) in [6.45, 7) is 0.392. The molecule has 1 rings (SSSR count). The molecule has 5 heteroatoms. The molecule has 0 saturated heterocycles. The number of benzene rings is 1. The third-order valence-corrected chi connectivity index (χ3v) is 2.47. The van der Waals surface area contributed by atoms with E-state index < -0.39 is 12.1 Å². The SMILES string of the molecule is COc1cccc(C(O)C(N)CCN)c1O. The van der Waals surface area contributed by atoms with Crippen molar-refractivity contribution in [2.45, 2.75) is 18.6 Å².